The summed E-state index contributed by atoms with van der Waals surface area (Å²) in [6, 6.07) is 0. The van der Waals surface area contributed by atoms with Gasteiger partial charge in [0.2, 0.25) is 11.8 Å². The first kappa shape index (κ1) is 8.73. The zero-order chi connectivity index (χ0) is 9.42. The minimum absolute atomic E-state index is 0.0689. The van der Waals surface area contributed by atoms with Gasteiger partial charge in [-0.1, -0.05) is 0 Å². The third kappa shape index (κ3) is 1.74. The second kappa shape index (κ2) is 3.13. The molecule has 2 fully saturated rings. The highest BCUT2D eigenvalue weighted by atomic mass is 16.2. The van der Waals surface area contributed by atoms with Crippen molar-refractivity contribution in [2.75, 3.05) is 6.54 Å². The lowest BCUT2D eigenvalue weighted by atomic mass is 10.3. The molecule has 2 saturated carbocycles. The Morgan fingerprint density at radius 2 is 1.46 bits per heavy atom. The van der Waals surface area contributed by atoms with Crippen molar-refractivity contribution < 1.29 is 9.59 Å². The van der Waals surface area contributed by atoms with Crippen molar-refractivity contribution in [1.29, 1.82) is 0 Å². The standard InChI is InChI=1S/C10H15NO2/c1-2-11(9(12)7-3-4-7)10(13)8-5-6-8/h7-8H,2-6H2,1H3. The molecule has 0 bridgehead atoms. The highest BCUT2D eigenvalue weighted by Crippen LogP contribution is 2.35. The average Bonchev–Trinajstić information content (AvgIpc) is 2.98. The molecular formula is C10H15NO2. The SMILES string of the molecule is CCN(C(=O)C1CC1)C(=O)C1CC1. The van der Waals surface area contributed by atoms with Gasteiger partial charge >= 0.3 is 0 Å². The van der Waals surface area contributed by atoms with E-state index in [0.717, 1.165) is 25.7 Å². The number of nitrogens with zero attached hydrogens (tertiary/aromatic N) is 1. The van der Waals surface area contributed by atoms with E-state index >= 15 is 0 Å². The van der Waals surface area contributed by atoms with E-state index in [9.17, 15) is 9.59 Å². The zero-order valence-corrected chi connectivity index (χ0v) is 7.95. The molecule has 0 saturated heterocycles. The van der Waals surface area contributed by atoms with Crippen molar-refractivity contribution in [1.82, 2.24) is 4.90 Å². The molecule has 3 nitrogen and oxygen atoms in total. The van der Waals surface area contributed by atoms with Crippen LogP contribution in [0.3, 0.4) is 0 Å². The van der Waals surface area contributed by atoms with Crippen LogP contribution in [0.25, 0.3) is 0 Å². The van der Waals surface area contributed by atoms with Crippen molar-refractivity contribution >= 4 is 11.8 Å². The molecule has 0 radical (unpaired) electrons. The van der Waals surface area contributed by atoms with Crippen LogP contribution in [0.15, 0.2) is 0 Å². The first-order chi connectivity index (χ1) is 6.24. The summed E-state index contributed by atoms with van der Waals surface area (Å²) in [6.07, 6.45) is 3.92. The summed E-state index contributed by atoms with van der Waals surface area (Å²) in [5, 5.41) is 0. The van der Waals surface area contributed by atoms with Crippen LogP contribution in [0.4, 0.5) is 0 Å². The Bertz CT molecular complexity index is 217. The summed E-state index contributed by atoms with van der Waals surface area (Å²) < 4.78 is 0. The number of carbonyl (C=O) groups excluding carboxylic acids is 2. The minimum Gasteiger partial charge on any atom is -0.282 e. The number of hydrogen-bond donors (Lipinski definition) is 0. The molecule has 13 heavy (non-hydrogen) atoms. The Labute approximate surface area is 78.1 Å². The van der Waals surface area contributed by atoms with E-state index in [2.05, 4.69) is 0 Å². The molecule has 72 valence electrons. The number of amides is 2. The van der Waals surface area contributed by atoms with Crippen LogP contribution >= 0.6 is 0 Å². The first-order valence-electron chi connectivity index (χ1n) is 5.09. The molecule has 0 atom stereocenters. The zero-order valence-electron chi connectivity index (χ0n) is 7.95. The highest BCUT2D eigenvalue weighted by Gasteiger charge is 2.40. The van der Waals surface area contributed by atoms with E-state index in [0.29, 0.717) is 6.54 Å². The Hall–Kier alpha value is -0.860. The molecule has 0 spiro atoms. The van der Waals surface area contributed by atoms with Crippen molar-refractivity contribution in [3.05, 3.63) is 0 Å². The Kier molecular flexibility index (Phi) is 2.10. The summed E-state index contributed by atoms with van der Waals surface area (Å²) in [5.41, 5.74) is 0. The predicted octanol–water partition coefficient (Wildman–Crippen LogP) is 1.18. The maximum absolute atomic E-state index is 11.6. The van der Waals surface area contributed by atoms with Gasteiger partial charge in [-0.15, -0.1) is 0 Å². The molecule has 0 aromatic heterocycles. The third-order valence-corrected chi connectivity index (χ3v) is 2.70. The second-order valence-corrected chi connectivity index (χ2v) is 3.97. The molecule has 0 aromatic rings. The van der Waals surface area contributed by atoms with Crippen molar-refractivity contribution in [2.24, 2.45) is 11.8 Å². The van der Waals surface area contributed by atoms with Crippen LogP contribution in [0.2, 0.25) is 0 Å². The van der Waals surface area contributed by atoms with E-state index < -0.39 is 0 Å². The lowest BCUT2D eigenvalue weighted by Gasteiger charge is -2.18. The summed E-state index contributed by atoms with van der Waals surface area (Å²) in [6.45, 7) is 2.42. The Balaban J connectivity index is 1.97. The van der Waals surface area contributed by atoms with Gasteiger partial charge < -0.3 is 0 Å². The number of rotatable bonds is 3. The second-order valence-electron chi connectivity index (χ2n) is 3.97. The van der Waals surface area contributed by atoms with Crippen LogP contribution in [-0.2, 0) is 9.59 Å². The summed E-state index contributed by atoms with van der Waals surface area (Å²) >= 11 is 0. The van der Waals surface area contributed by atoms with Crippen LogP contribution in [0.5, 0.6) is 0 Å². The number of carbonyl (C=O) groups is 2. The van der Waals surface area contributed by atoms with Gasteiger partial charge in [-0.25, -0.2) is 0 Å². The van der Waals surface area contributed by atoms with Gasteiger partial charge in [-0.2, -0.15) is 0 Å². The van der Waals surface area contributed by atoms with Crippen molar-refractivity contribution in [3.63, 3.8) is 0 Å². The van der Waals surface area contributed by atoms with Gasteiger partial charge in [0.1, 0.15) is 0 Å². The van der Waals surface area contributed by atoms with Gasteiger partial charge in [-0.3, -0.25) is 14.5 Å². The fourth-order valence-electron chi connectivity index (χ4n) is 1.52. The Morgan fingerprint density at radius 3 is 1.69 bits per heavy atom. The normalized spacial score (nSPS) is 21.3. The number of hydrogen-bond acceptors (Lipinski definition) is 2. The van der Waals surface area contributed by atoms with E-state index in [1.807, 2.05) is 6.92 Å². The number of imide groups is 1. The fourth-order valence-corrected chi connectivity index (χ4v) is 1.52. The maximum Gasteiger partial charge on any atom is 0.232 e. The lowest BCUT2D eigenvalue weighted by molar-refractivity contribution is -0.146. The quantitative estimate of drug-likeness (QED) is 0.613. The van der Waals surface area contributed by atoms with E-state index in [1.165, 1.54) is 4.90 Å². The van der Waals surface area contributed by atoms with Gasteiger partial charge in [-0.05, 0) is 32.6 Å². The van der Waals surface area contributed by atoms with E-state index in [1.54, 1.807) is 0 Å². The van der Waals surface area contributed by atoms with Gasteiger partial charge in [0.25, 0.3) is 0 Å². The highest BCUT2D eigenvalue weighted by molar-refractivity contribution is 5.99. The largest absolute Gasteiger partial charge is 0.282 e. The molecule has 2 amide bonds. The molecule has 0 heterocycles. The Morgan fingerprint density at radius 1 is 1.08 bits per heavy atom. The van der Waals surface area contributed by atoms with E-state index in [-0.39, 0.29) is 23.7 Å². The molecule has 0 unspecified atom stereocenters. The molecule has 2 aliphatic carbocycles. The summed E-state index contributed by atoms with van der Waals surface area (Å²) in [5.74, 6) is 0.476. The molecule has 2 rings (SSSR count). The molecule has 3 heteroatoms. The third-order valence-electron chi connectivity index (χ3n) is 2.70. The average molecular weight is 181 g/mol. The van der Waals surface area contributed by atoms with Crippen molar-refractivity contribution in [2.45, 2.75) is 32.6 Å². The fraction of sp³-hybridized carbons (Fsp3) is 0.800. The smallest absolute Gasteiger partial charge is 0.232 e. The van der Waals surface area contributed by atoms with Gasteiger partial charge in [0.15, 0.2) is 0 Å². The molecular weight excluding hydrogens is 166 g/mol. The summed E-state index contributed by atoms with van der Waals surface area (Å²) in [4.78, 5) is 24.7. The molecule has 2 aliphatic rings. The van der Waals surface area contributed by atoms with Crippen molar-refractivity contribution in [3.8, 4) is 0 Å². The topological polar surface area (TPSA) is 37.4 Å². The van der Waals surface area contributed by atoms with E-state index in [4.69, 9.17) is 0 Å². The monoisotopic (exact) mass is 181 g/mol. The molecule has 0 aromatic carbocycles. The van der Waals surface area contributed by atoms with Crippen LogP contribution in [-0.4, -0.2) is 23.3 Å². The van der Waals surface area contributed by atoms with Crippen LogP contribution in [0.1, 0.15) is 32.6 Å². The van der Waals surface area contributed by atoms with Gasteiger partial charge in [0, 0.05) is 18.4 Å². The first-order valence-corrected chi connectivity index (χ1v) is 5.09. The van der Waals surface area contributed by atoms with Crippen LogP contribution < -0.4 is 0 Å². The molecule has 0 aliphatic heterocycles. The predicted molar refractivity (Wildman–Crippen MR) is 47.8 cm³/mol. The minimum atomic E-state index is 0.0689. The summed E-state index contributed by atoms with van der Waals surface area (Å²) in [7, 11) is 0. The van der Waals surface area contributed by atoms with Crippen LogP contribution in [0, 0.1) is 11.8 Å². The lowest BCUT2D eigenvalue weighted by Crippen LogP contribution is -2.38. The maximum atomic E-state index is 11.6. The van der Waals surface area contributed by atoms with Gasteiger partial charge in [0.05, 0.1) is 0 Å². The molecule has 0 N–H and O–H groups in total.